The number of amides is 1. The summed E-state index contributed by atoms with van der Waals surface area (Å²) in [5.41, 5.74) is -2.57. The second-order valence-electron chi connectivity index (χ2n) is 29.6. The van der Waals surface area contributed by atoms with Gasteiger partial charge in [0.2, 0.25) is 10.0 Å². The van der Waals surface area contributed by atoms with Crippen LogP contribution in [0.2, 0.25) is 0 Å². The molecule has 6 rings (SSSR count). The lowest BCUT2D eigenvalue weighted by Crippen LogP contribution is -2.65. The summed E-state index contributed by atoms with van der Waals surface area (Å²) in [4.78, 5) is 122. The van der Waals surface area contributed by atoms with Gasteiger partial charge in [-0.3, -0.25) is 73.2 Å². The van der Waals surface area contributed by atoms with Crippen molar-refractivity contribution in [1.82, 2.24) is 39.0 Å². The van der Waals surface area contributed by atoms with Gasteiger partial charge in [-0.15, -0.1) is 0 Å². The number of nitrogens with zero attached hydrogens (tertiary/aromatic N) is 7. The van der Waals surface area contributed by atoms with Crippen molar-refractivity contribution in [3.8, 4) is 0 Å². The van der Waals surface area contributed by atoms with Gasteiger partial charge in [0.05, 0.1) is 56.2 Å². The number of anilines is 1. The van der Waals surface area contributed by atoms with Crippen LogP contribution in [-0.2, 0) is 101 Å². The molecule has 2 aliphatic rings. The summed E-state index contributed by atoms with van der Waals surface area (Å²) >= 11 is 0. The number of esters is 7. The average molecular weight is 1440 g/mol. The van der Waals surface area contributed by atoms with Crippen molar-refractivity contribution in [3.63, 3.8) is 0 Å². The lowest BCUT2D eigenvalue weighted by molar-refractivity contribution is -0.167. The Bertz CT molecular complexity index is 3310. The highest BCUT2D eigenvalue weighted by Crippen LogP contribution is 2.27. The number of sulfonamides is 1. The van der Waals surface area contributed by atoms with Gasteiger partial charge in [0, 0.05) is 97.3 Å². The van der Waals surface area contributed by atoms with Gasteiger partial charge >= 0.3 is 47.9 Å². The SMILES string of the molecule is CC(C)(C)OC(=O)CN1CCN(CC(=O)OC(C)(C)C)CC(COC(=O)Nc2ccc(S(=O)(=O)NCCN3CCN(CC(=O)OCc4ccccc4)CCN(CC(=O)OCc4ccccc4)CCN(CC(=O)OCc4ccccc4)CC3)cc2)(N(CC(=O)OC(C)(C)C)CC(=O)OC(C)(C)C)C1. The summed E-state index contributed by atoms with van der Waals surface area (Å²) in [6.45, 7) is 21.5. The van der Waals surface area contributed by atoms with E-state index in [1.54, 1.807) is 92.9 Å². The van der Waals surface area contributed by atoms with Crippen LogP contribution in [0.15, 0.2) is 120 Å². The highest BCUT2D eigenvalue weighted by atomic mass is 32.2. The van der Waals surface area contributed by atoms with E-state index in [9.17, 15) is 46.8 Å². The largest absolute Gasteiger partial charge is 0.460 e. The Balaban J connectivity index is 1.20. The summed E-state index contributed by atoms with van der Waals surface area (Å²) in [6, 6.07) is 33.4. The van der Waals surface area contributed by atoms with Crippen LogP contribution in [-0.4, -0.2) is 263 Å². The van der Waals surface area contributed by atoms with Crippen LogP contribution >= 0.6 is 0 Å². The van der Waals surface area contributed by atoms with E-state index in [1.807, 2.05) is 111 Å². The third-order valence-electron chi connectivity index (χ3n) is 15.8. The first-order chi connectivity index (χ1) is 47.9. The Kier molecular flexibility index (Phi) is 31.8. The van der Waals surface area contributed by atoms with E-state index in [1.165, 1.54) is 29.2 Å². The third kappa shape index (κ3) is 32.6. The molecule has 2 aliphatic heterocycles. The summed E-state index contributed by atoms with van der Waals surface area (Å²) in [5.74, 6) is -3.96. The second kappa shape index (κ2) is 39.1. The Hall–Kier alpha value is -7.93. The van der Waals surface area contributed by atoms with E-state index in [4.69, 9.17) is 37.9 Å². The van der Waals surface area contributed by atoms with E-state index in [0.29, 0.717) is 52.4 Å². The summed E-state index contributed by atoms with van der Waals surface area (Å²) < 4.78 is 77.1. The van der Waals surface area contributed by atoms with E-state index in [-0.39, 0.29) is 102 Å². The predicted molar refractivity (Wildman–Crippen MR) is 382 cm³/mol. The summed E-state index contributed by atoms with van der Waals surface area (Å²) in [7, 11) is -4.20. The molecule has 27 nitrogen and oxygen atoms in total. The Morgan fingerprint density at radius 3 is 1.06 bits per heavy atom. The Morgan fingerprint density at radius 2 is 0.716 bits per heavy atom. The zero-order valence-corrected chi connectivity index (χ0v) is 62.4. The number of nitrogens with one attached hydrogen (secondary N) is 2. The molecule has 28 heteroatoms. The molecule has 0 bridgehead atoms. The van der Waals surface area contributed by atoms with Crippen molar-refractivity contribution in [2.45, 2.75) is 136 Å². The lowest BCUT2D eigenvalue weighted by Gasteiger charge is -2.45. The first kappa shape index (κ1) is 83.0. The molecule has 2 saturated heterocycles. The zero-order chi connectivity index (χ0) is 74.7. The van der Waals surface area contributed by atoms with Crippen LogP contribution in [0.1, 0.15) is 99.8 Å². The standard InChI is InChI=1S/C74H107N9O18S/c1-70(2,3)98-65(87)47-81-42-43-82(48-66(88)99-71(4,5)6)55-74(54-81,83(49-67(89)100-72(7,8)9)50-68(90)101-73(10,11)12)56-97-69(91)76-60-28-30-61(31-29-60)102(92,93)75-32-33-77-34-36-78(44-62(84)94-51-57-22-16-13-17-23-57)38-40-80(46-64(86)96-53-59-26-20-15-21-27-59)41-39-79(37-35-77)45-63(85)95-52-58-24-18-14-19-25-58/h13-31,75H,32-56H2,1-12H3,(H,76,91). The number of carbonyl (C=O) groups is 8. The fourth-order valence-corrected chi connectivity index (χ4v) is 12.2. The van der Waals surface area contributed by atoms with Crippen molar-refractivity contribution < 1.29 is 84.7 Å². The first-order valence-electron chi connectivity index (χ1n) is 34.5. The molecule has 0 unspecified atom stereocenters. The van der Waals surface area contributed by atoms with Gasteiger partial charge in [0.1, 0.15) is 48.8 Å². The highest BCUT2D eigenvalue weighted by Gasteiger charge is 2.47. The van der Waals surface area contributed by atoms with Crippen LogP contribution in [0.5, 0.6) is 0 Å². The van der Waals surface area contributed by atoms with E-state index in [2.05, 4.69) is 10.0 Å². The Labute approximate surface area is 601 Å². The third-order valence-corrected chi connectivity index (χ3v) is 17.3. The number of hydrogen-bond acceptors (Lipinski definition) is 25. The maximum absolute atomic E-state index is 14.2. The molecule has 2 heterocycles. The molecule has 2 N–H and O–H groups in total. The molecule has 0 atom stereocenters. The fourth-order valence-electron chi connectivity index (χ4n) is 11.2. The smallest absolute Gasteiger partial charge is 0.411 e. The summed E-state index contributed by atoms with van der Waals surface area (Å²) in [6.07, 6.45) is -1.01. The van der Waals surface area contributed by atoms with E-state index < -0.39 is 106 Å². The number of rotatable bonds is 29. The van der Waals surface area contributed by atoms with Gasteiger partial charge in [0.15, 0.2) is 0 Å². The maximum Gasteiger partial charge on any atom is 0.411 e. The van der Waals surface area contributed by atoms with E-state index in [0.717, 1.165) is 16.7 Å². The minimum Gasteiger partial charge on any atom is -0.460 e. The normalized spacial score (nSPS) is 16.2. The minimum absolute atomic E-state index is 0.0527. The average Bonchev–Trinajstić information content (AvgIpc) is 1.45. The van der Waals surface area contributed by atoms with Crippen LogP contribution in [0, 0.1) is 0 Å². The molecule has 1 amide bonds. The topological polar surface area (TPSA) is 291 Å². The molecule has 0 saturated carbocycles. The van der Waals surface area contributed by atoms with Gasteiger partial charge in [-0.1, -0.05) is 91.0 Å². The molecule has 4 aromatic rings. The molecule has 562 valence electrons. The molecule has 0 spiro atoms. The number of benzene rings is 4. The van der Waals surface area contributed by atoms with Crippen LogP contribution in [0.4, 0.5) is 10.5 Å². The predicted octanol–water partition coefficient (Wildman–Crippen LogP) is 5.99. The second-order valence-corrected chi connectivity index (χ2v) is 31.3. The van der Waals surface area contributed by atoms with Crippen molar-refractivity contribution in [1.29, 1.82) is 0 Å². The monoisotopic (exact) mass is 1440 g/mol. The molecule has 4 aromatic carbocycles. The molecule has 0 aliphatic carbocycles. The Morgan fingerprint density at radius 1 is 0.402 bits per heavy atom. The molecule has 2 fully saturated rings. The van der Waals surface area contributed by atoms with Crippen LogP contribution in [0.25, 0.3) is 0 Å². The molecular formula is C74H107N9O18S. The van der Waals surface area contributed by atoms with Gasteiger partial charge in [-0.05, 0) is 124 Å². The van der Waals surface area contributed by atoms with Gasteiger partial charge in [-0.25, -0.2) is 17.9 Å². The number of hydrogen-bond donors (Lipinski definition) is 2. The van der Waals surface area contributed by atoms with Crippen molar-refractivity contribution in [2.24, 2.45) is 0 Å². The maximum atomic E-state index is 14.2. The van der Waals surface area contributed by atoms with Crippen molar-refractivity contribution in [2.75, 3.05) is 149 Å². The van der Waals surface area contributed by atoms with Crippen molar-refractivity contribution in [3.05, 3.63) is 132 Å². The molecule has 0 radical (unpaired) electrons. The van der Waals surface area contributed by atoms with Crippen LogP contribution < -0.4 is 10.0 Å². The van der Waals surface area contributed by atoms with Gasteiger partial charge in [-0.2, -0.15) is 0 Å². The lowest BCUT2D eigenvalue weighted by atomic mass is 9.95. The number of ether oxygens (including phenoxy) is 8. The first-order valence-corrected chi connectivity index (χ1v) is 36.0. The quantitative estimate of drug-likeness (QED) is 0.0466. The van der Waals surface area contributed by atoms with Gasteiger partial charge in [0.25, 0.3) is 0 Å². The minimum atomic E-state index is -4.20. The van der Waals surface area contributed by atoms with E-state index >= 15 is 0 Å². The van der Waals surface area contributed by atoms with Gasteiger partial charge < -0.3 is 37.9 Å². The van der Waals surface area contributed by atoms with Crippen LogP contribution in [0.3, 0.4) is 0 Å². The number of carbonyl (C=O) groups excluding carboxylic acids is 8. The summed E-state index contributed by atoms with van der Waals surface area (Å²) in [5, 5.41) is 2.66. The fraction of sp³-hybridized carbons (Fsp3) is 0.568. The molecular weight excluding hydrogens is 1330 g/mol. The zero-order valence-electron chi connectivity index (χ0n) is 61.5. The molecule has 102 heavy (non-hydrogen) atoms. The van der Waals surface area contributed by atoms with Crippen molar-refractivity contribution >= 4 is 63.6 Å². The molecule has 0 aromatic heterocycles. The highest BCUT2D eigenvalue weighted by molar-refractivity contribution is 7.89.